The average Bonchev–Trinajstić information content (AvgIpc) is 3.01. The van der Waals surface area contributed by atoms with E-state index in [0.29, 0.717) is 0 Å². The number of hydrogen-bond donors (Lipinski definition) is 2. The van der Waals surface area contributed by atoms with Crippen LogP contribution in [0.2, 0.25) is 0 Å². The quantitative estimate of drug-likeness (QED) is 0.486. The first-order valence-electron chi connectivity index (χ1n) is 6.68. The summed E-state index contributed by atoms with van der Waals surface area (Å²) in [6, 6.07) is 0. The van der Waals surface area contributed by atoms with Gasteiger partial charge in [0.05, 0.1) is 19.8 Å². The smallest absolute Gasteiger partial charge is 0.175 e. The second kappa shape index (κ2) is 5.38. The minimum atomic E-state index is -0.599. The SMILES string of the molecule is CCC(C)(/C=C1\C(OC)N1C(C)(C)[NH+](C)[O-])[NH+](C)[O-]. The lowest BCUT2D eigenvalue weighted by Gasteiger charge is -2.37. The Hall–Kier alpha value is -0.660. The first-order valence-corrected chi connectivity index (χ1v) is 6.68. The van der Waals surface area contributed by atoms with Crippen molar-refractivity contribution in [2.75, 3.05) is 21.2 Å². The Labute approximate surface area is 115 Å². The molecule has 1 aliphatic heterocycles. The molecule has 2 N–H and O–H groups in total. The zero-order valence-electron chi connectivity index (χ0n) is 13.0. The summed E-state index contributed by atoms with van der Waals surface area (Å²) in [6.07, 6.45) is 2.49. The molecule has 0 aliphatic carbocycles. The van der Waals surface area contributed by atoms with Gasteiger partial charge in [-0.25, -0.2) is 0 Å². The molecule has 4 unspecified atom stereocenters. The molecule has 0 bridgehead atoms. The fourth-order valence-corrected chi connectivity index (χ4v) is 2.12. The maximum atomic E-state index is 11.8. The molecule has 6 heteroatoms. The maximum absolute atomic E-state index is 11.8. The summed E-state index contributed by atoms with van der Waals surface area (Å²) in [5.74, 6) is 0. The van der Waals surface area contributed by atoms with Crippen molar-refractivity contribution in [3.63, 3.8) is 0 Å². The summed E-state index contributed by atoms with van der Waals surface area (Å²) in [5, 5.41) is 23.7. The predicted octanol–water partition coefficient (Wildman–Crippen LogP) is -0.912. The van der Waals surface area contributed by atoms with E-state index in [1.54, 1.807) is 21.2 Å². The lowest BCUT2D eigenvalue weighted by Crippen LogP contribution is -3.14. The van der Waals surface area contributed by atoms with Gasteiger partial charge in [-0.3, -0.25) is 4.90 Å². The molecular formula is C13H27N3O3. The molecule has 6 nitrogen and oxygen atoms in total. The van der Waals surface area contributed by atoms with E-state index in [0.717, 1.165) is 12.1 Å². The average molecular weight is 273 g/mol. The van der Waals surface area contributed by atoms with Gasteiger partial charge in [0.1, 0.15) is 5.54 Å². The van der Waals surface area contributed by atoms with Gasteiger partial charge in [-0.15, -0.1) is 0 Å². The van der Waals surface area contributed by atoms with Crippen LogP contribution < -0.4 is 10.1 Å². The highest BCUT2D eigenvalue weighted by atomic mass is 16.5. The van der Waals surface area contributed by atoms with Crippen LogP contribution in [0, 0.1) is 10.4 Å². The molecule has 0 saturated carbocycles. The number of nitrogens with zero attached hydrogens (tertiary/aromatic N) is 1. The highest BCUT2D eigenvalue weighted by molar-refractivity contribution is 5.28. The van der Waals surface area contributed by atoms with Crippen LogP contribution in [0.15, 0.2) is 11.8 Å². The van der Waals surface area contributed by atoms with Crippen LogP contribution in [0.3, 0.4) is 0 Å². The molecule has 1 aliphatic rings. The first kappa shape index (κ1) is 16.4. The predicted molar refractivity (Wildman–Crippen MR) is 74.0 cm³/mol. The molecule has 1 fully saturated rings. The topological polar surface area (TPSA) is 67.2 Å². The zero-order chi connectivity index (χ0) is 15.0. The van der Waals surface area contributed by atoms with Crippen LogP contribution in [0.1, 0.15) is 34.1 Å². The Kier molecular flexibility index (Phi) is 4.64. The second-order valence-corrected chi connectivity index (χ2v) is 5.97. The Morgan fingerprint density at radius 3 is 2.11 bits per heavy atom. The molecule has 4 atom stereocenters. The van der Waals surface area contributed by atoms with Crippen LogP contribution in [0.25, 0.3) is 0 Å². The standard InChI is InChI=1S/C13H27N3O3/c1-8-13(4,15(6)18)9-10-11(19-7)16(10)12(2,3)14(5)17/h9,11,14-15H,8H2,1-7H3/b10-9+. The summed E-state index contributed by atoms with van der Waals surface area (Å²) >= 11 is 0. The van der Waals surface area contributed by atoms with E-state index in [2.05, 4.69) is 0 Å². The van der Waals surface area contributed by atoms with Gasteiger partial charge in [0.2, 0.25) is 0 Å². The minimum absolute atomic E-state index is 0.0824. The number of quaternary nitrogens is 2. The number of likely N-dealkylation sites (N-methyl/N-ethyl adjacent to an activating group) is 1. The van der Waals surface area contributed by atoms with E-state index in [-0.39, 0.29) is 16.4 Å². The van der Waals surface area contributed by atoms with Crippen molar-refractivity contribution in [3.05, 3.63) is 22.2 Å². The number of hydrogen-bond acceptors (Lipinski definition) is 4. The molecule has 0 aromatic carbocycles. The molecule has 1 saturated heterocycles. The van der Waals surface area contributed by atoms with E-state index in [1.165, 1.54) is 0 Å². The Morgan fingerprint density at radius 1 is 1.26 bits per heavy atom. The molecule has 19 heavy (non-hydrogen) atoms. The fourth-order valence-electron chi connectivity index (χ4n) is 2.12. The monoisotopic (exact) mass is 273 g/mol. The lowest BCUT2D eigenvalue weighted by molar-refractivity contribution is -0.893. The van der Waals surface area contributed by atoms with Crippen molar-refractivity contribution in [2.45, 2.75) is 51.5 Å². The third-order valence-corrected chi connectivity index (χ3v) is 4.39. The van der Waals surface area contributed by atoms with E-state index in [1.807, 2.05) is 38.7 Å². The maximum Gasteiger partial charge on any atom is 0.175 e. The Balaban J connectivity index is 3.02. The molecule has 1 rings (SSSR count). The summed E-state index contributed by atoms with van der Waals surface area (Å²) in [6.45, 7) is 7.66. The summed E-state index contributed by atoms with van der Waals surface area (Å²) in [7, 11) is 4.80. The van der Waals surface area contributed by atoms with Crippen molar-refractivity contribution in [3.8, 4) is 0 Å². The lowest BCUT2D eigenvalue weighted by atomic mass is 9.98. The van der Waals surface area contributed by atoms with Crippen molar-refractivity contribution < 1.29 is 14.9 Å². The molecular weight excluding hydrogens is 246 g/mol. The van der Waals surface area contributed by atoms with Crippen molar-refractivity contribution in [1.82, 2.24) is 4.90 Å². The Morgan fingerprint density at radius 2 is 1.79 bits per heavy atom. The highest BCUT2D eigenvalue weighted by Crippen LogP contribution is 2.40. The summed E-state index contributed by atoms with van der Waals surface area (Å²) in [4.78, 5) is 1.94. The van der Waals surface area contributed by atoms with Crippen LogP contribution >= 0.6 is 0 Å². The number of hydroxylamine groups is 4. The van der Waals surface area contributed by atoms with Gasteiger partial charge in [-0.1, -0.05) is 6.92 Å². The molecule has 0 amide bonds. The molecule has 0 aromatic rings. The van der Waals surface area contributed by atoms with Crippen molar-refractivity contribution in [1.29, 1.82) is 0 Å². The third-order valence-electron chi connectivity index (χ3n) is 4.39. The first-order chi connectivity index (χ1) is 8.61. The largest absolute Gasteiger partial charge is 0.634 e. The number of rotatable bonds is 6. The number of ether oxygens (including phenoxy) is 1. The van der Waals surface area contributed by atoms with Gasteiger partial charge in [0.15, 0.2) is 11.9 Å². The number of nitrogens with one attached hydrogen (secondary N) is 2. The van der Waals surface area contributed by atoms with Crippen LogP contribution in [-0.2, 0) is 4.74 Å². The fraction of sp³-hybridized carbons (Fsp3) is 0.846. The minimum Gasteiger partial charge on any atom is -0.634 e. The molecule has 1 heterocycles. The molecule has 112 valence electrons. The third kappa shape index (κ3) is 2.93. The Bertz CT molecular complexity index is 355. The van der Waals surface area contributed by atoms with Gasteiger partial charge in [-0.2, -0.15) is 0 Å². The van der Waals surface area contributed by atoms with Gasteiger partial charge in [-0.05, 0) is 13.0 Å². The molecule has 0 aromatic heterocycles. The van der Waals surface area contributed by atoms with Crippen LogP contribution in [-0.4, -0.2) is 43.5 Å². The van der Waals surface area contributed by atoms with E-state index in [9.17, 15) is 10.4 Å². The van der Waals surface area contributed by atoms with Crippen LogP contribution in [0.4, 0.5) is 0 Å². The van der Waals surface area contributed by atoms with Gasteiger partial charge in [0.25, 0.3) is 0 Å². The second-order valence-electron chi connectivity index (χ2n) is 5.97. The summed E-state index contributed by atoms with van der Waals surface area (Å²) in [5.41, 5.74) is -0.159. The van der Waals surface area contributed by atoms with Crippen molar-refractivity contribution in [2.24, 2.45) is 0 Å². The normalized spacial score (nSPS) is 28.2. The van der Waals surface area contributed by atoms with Crippen molar-refractivity contribution >= 4 is 0 Å². The van der Waals surface area contributed by atoms with Gasteiger partial charge in [0, 0.05) is 27.4 Å². The van der Waals surface area contributed by atoms with E-state index < -0.39 is 11.2 Å². The van der Waals surface area contributed by atoms with Crippen LogP contribution in [0.5, 0.6) is 0 Å². The van der Waals surface area contributed by atoms with E-state index in [4.69, 9.17) is 4.74 Å². The highest BCUT2D eigenvalue weighted by Gasteiger charge is 2.54. The summed E-state index contributed by atoms with van der Waals surface area (Å²) < 4.78 is 5.39. The van der Waals surface area contributed by atoms with Gasteiger partial charge >= 0.3 is 0 Å². The number of methoxy groups -OCH3 is 1. The van der Waals surface area contributed by atoms with E-state index >= 15 is 0 Å². The zero-order valence-corrected chi connectivity index (χ0v) is 13.0. The van der Waals surface area contributed by atoms with Gasteiger partial charge < -0.3 is 25.3 Å². The molecule has 0 spiro atoms. The molecule has 0 radical (unpaired) electrons.